The van der Waals surface area contributed by atoms with E-state index in [1.807, 2.05) is 67.9 Å². The van der Waals surface area contributed by atoms with E-state index < -0.39 is 33.1 Å². The van der Waals surface area contributed by atoms with Crippen LogP contribution < -0.4 is 15.9 Å². The number of hydrogen-bond acceptors (Lipinski definition) is 7. The highest BCUT2D eigenvalue weighted by molar-refractivity contribution is 7.88. The molecule has 0 radical (unpaired) electrons. The molecular formula is C33H29F3N6O4S. The van der Waals surface area contributed by atoms with E-state index in [9.17, 15) is 31.2 Å². The van der Waals surface area contributed by atoms with E-state index in [1.165, 1.54) is 0 Å². The van der Waals surface area contributed by atoms with E-state index in [0.29, 0.717) is 34.5 Å². The Balaban J connectivity index is 0.000000230. The number of nitrogens with one attached hydrogen (secondary N) is 1. The number of aryl methyl sites for hydroxylation is 1. The molecule has 5 aromatic rings. The number of sulfonamides is 1. The van der Waals surface area contributed by atoms with Gasteiger partial charge < -0.3 is 5.73 Å². The number of hydrogen-bond donors (Lipinski definition) is 2. The van der Waals surface area contributed by atoms with Crippen LogP contribution in [0, 0.1) is 0 Å². The number of alkyl halides is 3. The monoisotopic (exact) mass is 662 g/mol. The van der Waals surface area contributed by atoms with Crippen LogP contribution in [0.25, 0.3) is 32.8 Å². The predicted octanol–water partition coefficient (Wildman–Crippen LogP) is 4.54. The Morgan fingerprint density at radius 1 is 1.00 bits per heavy atom. The first-order chi connectivity index (χ1) is 22.2. The molecule has 242 valence electrons. The summed E-state index contributed by atoms with van der Waals surface area (Å²) in [6, 6.07) is 13.1. The number of benzene rings is 1. The molecular weight excluding hydrogens is 633 g/mol. The minimum absolute atomic E-state index is 0.128. The van der Waals surface area contributed by atoms with E-state index in [0.717, 1.165) is 34.9 Å². The highest BCUT2D eigenvalue weighted by atomic mass is 32.2. The number of nitrogens with zero attached hydrogens (tertiary/aromatic N) is 4. The van der Waals surface area contributed by atoms with Gasteiger partial charge in [0.05, 0.1) is 41.2 Å². The normalized spacial score (nSPS) is 16.2. The van der Waals surface area contributed by atoms with Crippen LogP contribution in [0.4, 0.5) is 13.2 Å². The molecule has 3 aromatic heterocycles. The summed E-state index contributed by atoms with van der Waals surface area (Å²) < 4.78 is 61.7. The number of fused-ring (bicyclic) bond motifs is 2. The topological polar surface area (TPSA) is 150 Å². The second-order valence-corrected chi connectivity index (χ2v) is 12.8. The quantitative estimate of drug-likeness (QED) is 0.271. The van der Waals surface area contributed by atoms with E-state index in [-0.39, 0.29) is 17.7 Å². The van der Waals surface area contributed by atoms with Gasteiger partial charge in [-0.3, -0.25) is 24.2 Å². The van der Waals surface area contributed by atoms with Crippen molar-refractivity contribution in [1.82, 2.24) is 24.5 Å². The van der Waals surface area contributed by atoms with Gasteiger partial charge in [0.15, 0.2) is 5.43 Å². The number of nitrogens with two attached hydrogens (primary N) is 1. The Morgan fingerprint density at radius 3 is 2.36 bits per heavy atom. The fraction of sp³-hybridized carbons (Fsp3) is 0.182. The number of aromatic nitrogens is 4. The summed E-state index contributed by atoms with van der Waals surface area (Å²) >= 11 is 0. The third-order valence-corrected chi connectivity index (χ3v) is 8.28. The SMILES string of the molecule is CS(=O)(=O)NCc1ccc(C(F)(F)F)cn1.Cn1cc(-c2cnc3ccc4ccc(C5(C(N)=O)C=CC=CC5)cc4c(=O)c3c2)cn1. The highest BCUT2D eigenvalue weighted by Crippen LogP contribution is 2.34. The average molecular weight is 663 g/mol. The number of amides is 1. The minimum Gasteiger partial charge on any atom is -0.369 e. The van der Waals surface area contributed by atoms with Crippen molar-refractivity contribution in [2.24, 2.45) is 12.8 Å². The molecule has 0 bridgehead atoms. The fourth-order valence-corrected chi connectivity index (χ4v) is 5.48. The van der Waals surface area contributed by atoms with E-state index in [2.05, 4.69) is 19.8 Å². The van der Waals surface area contributed by atoms with Crippen molar-refractivity contribution in [3.05, 3.63) is 125 Å². The molecule has 2 aromatic carbocycles. The van der Waals surface area contributed by atoms with Gasteiger partial charge in [0.25, 0.3) is 0 Å². The summed E-state index contributed by atoms with van der Waals surface area (Å²) in [6.07, 6.45) is 10.5. The van der Waals surface area contributed by atoms with Crippen LogP contribution in [0.15, 0.2) is 102 Å². The zero-order chi connectivity index (χ0) is 34.0. The summed E-state index contributed by atoms with van der Waals surface area (Å²) in [7, 11) is -1.53. The molecule has 1 unspecified atom stereocenters. The van der Waals surface area contributed by atoms with Crippen LogP contribution >= 0.6 is 0 Å². The number of carbonyl (C=O) groups is 1. The van der Waals surface area contributed by atoms with Gasteiger partial charge in [-0.1, -0.05) is 42.5 Å². The van der Waals surface area contributed by atoms with Gasteiger partial charge in [0, 0.05) is 47.5 Å². The fourth-order valence-electron chi connectivity index (χ4n) is 5.07. The summed E-state index contributed by atoms with van der Waals surface area (Å²) in [5, 5.41) is 6.03. The molecule has 1 aliphatic rings. The van der Waals surface area contributed by atoms with Crippen LogP contribution in [-0.2, 0) is 40.0 Å². The zero-order valence-corrected chi connectivity index (χ0v) is 26.0. The molecule has 3 heterocycles. The number of rotatable bonds is 6. The van der Waals surface area contributed by atoms with Gasteiger partial charge in [-0.2, -0.15) is 18.3 Å². The van der Waals surface area contributed by atoms with Crippen molar-refractivity contribution in [2.45, 2.75) is 24.6 Å². The van der Waals surface area contributed by atoms with Gasteiger partial charge in [-0.15, -0.1) is 0 Å². The molecule has 14 heteroatoms. The first-order valence-electron chi connectivity index (χ1n) is 14.1. The van der Waals surface area contributed by atoms with Crippen molar-refractivity contribution in [1.29, 1.82) is 0 Å². The van der Waals surface area contributed by atoms with Gasteiger partial charge in [-0.25, -0.2) is 13.1 Å². The van der Waals surface area contributed by atoms with E-state index >= 15 is 0 Å². The molecule has 1 aliphatic carbocycles. The van der Waals surface area contributed by atoms with Crippen LogP contribution in [-0.4, -0.2) is 40.3 Å². The number of carbonyl (C=O) groups excluding carboxylic acids is 1. The molecule has 0 fully saturated rings. The van der Waals surface area contributed by atoms with E-state index in [1.54, 1.807) is 23.1 Å². The lowest BCUT2D eigenvalue weighted by Crippen LogP contribution is -2.39. The first-order valence-corrected chi connectivity index (χ1v) is 16.0. The zero-order valence-electron chi connectivity index (χ0n) is 25.2. The third kappa shape index (κ3) is 7.45. The second kappa shape index (κ2) is 12.9. The van der Waals surface area contributed by atoms with Crippen molar-refractivity contribution in [3.8, 4) is 11.1 Å². The number of halogens is 3. The Labute approximate surface area is 267 Å². The molecule has 0 saturated heterocycles. The third-order valence-electron chi connectivity index (χ3n) is 7.61. The van der Waals surface area contributed by atoms with Crippen molar-refractivity contribution < 1.29 is 26.4 Å². The Bertz CT molecular complexity index is 2210. The number of pyridine rings is 2. The lowest BCUT2D eigenvalue weighted by molar-refractivity contribution is -0.137. The average Bonchev–Trinajstić information content (AvgIpc) is 3.42. The number of allylic oxidation sites excluding steroid dienone is 3. The molecule has 6 rings (SSSR count). The van der Waals surface area contributed by atoms with Crippen molar-refractivity contribution >= 4 is 37.6 Å². The lowest BCUT2D eigenvalue weighted by atomic mass is 9.74. The second-order valence-electron chi connectivity index (χ2n) is 11.0. The smallest absolute Gasteiger partial charge is 0.369 e. The molecule has 0 aliphatic heterocycles. The van der Waals surface area contributed by atoms with Crippen molar-refractivity contribution in [2.75, 3.05) is 6.26 Å². The molecule has 1 atom stereocenters. The standard InChI is InChI=1S/C25H20N4O2.C8H9F3N2O2S/c1-29-15-18(14-28-29)17-11-21-22(27-13-17)8-6-16-5-7-19(12-20(16)23(21)30)25(24(26)31)9-3-2-4-10-25;1-16(14,15)13-5-7-3-2-6(4-12-7)8(9,10)11/h2-9,11-15H,10H2,1H3,(H2,26,31);2-4,13H,5H2,1H3. The van der Waals surface area contributed by atoms with Gasteiger partial charge >= 0.3 is 6.18 Å². The summed E-state index contributed by atoms with van der Waals surface area (Å²) in [5.74, 6) is -0.439. The van der Waals surface area contributed by atoms with Crippen LogP contribution in [0.5, 0.6) is 0 Å². The number of primary amides is 1. The van der Waals surface area contributed by atoms with Crippen molar-refractivity contribution in [3.63, 3.8) is 0 Å². The first kappa shape index (κ1) is 33.2. The Hall–Kier alpha value is -5.21. The Kier molecular flexibility index (Phi) is 9.09. The molecule has 0 saturated carbocycles. The summed E-state index contributed by atoms with van der Waals surface area (Å²) in [5.41, 5.74) is 7.09. The molecule has 1 amide bonds. The molecule has 0 spiro atoms. The maximum atomic E-state index is 13.6. The van der Waals surface area contributed by atoms with Gasteiger partial charge in [0.2, 0.25) is 15.9 Å². The summed E-state index contributed by atoms with van der Waals surface area (Å²) in [4.78, 5) is 34.0. The maximum Gasteiger partial charge on any atom is 0.417 e. The highest BCUT2D eigenvalue weighted by Gasteiger charge is 2.36. The Morgan fingerprint density at radius 2 is 1.77 bits per heavy atom. The summed E-state index contributed by atoms with van der Waals surface area (Å²) in [6.45, 7) is -0.128. The molecule has 47 heavy (non-hydrogen) atoms. The minimum atomic E-state index is -4.43. The van der Waals surface area contributed by atoms with Gasteiger partial charge in [0.1, 0.15) is 0 Å². The van der Waals surface area contributed by atoms with Crippen LogP contribution in [0.2, 0.25) is 0 Å². The maximum absolute atomic E-state index is 13.6. The van der Waals surface area contributed by atoms with Gasteiger partial charge in [-0.05, 0) is 47.7 Å². The van der Waals surface area contributed by atoms with Crippen LogP contribution in [0.1, 0.15) is 23.2 Å². The lowest BCUT2D eigenvalue weighted by Gasteiger charge is -2.28. The molecule has 10 nitrogen and oxygen atoms in total. The van der Waals surface area contributed by atoms with Crippen LogP contribution in [0.3, 0.4) is 0 Å². The largest absolute Gasteiger partial charge is 0.417 e. The van der Waals surface area contributed by atoms with E-state index in [4.69, 9.17) is 5.73 Å². The molecule has 3 N–H and O–H groups in total. The predicted molar refractivity (Wildman–Crippen MR) is 172 cm³/mol.